The molecular weight excluding hydrogens is 252 g/mol. The Labute approximate surface area is 119 Å². The van der Waals surface area contributed by atoms with Crippen molar-refractivity contribution in [1.29, 1.82) is 0 Å². The van der Waals surface area contributed by atoms with Gasteiger partial charge in [0.2, 0.25) is 0 Å². The van der Waals surface area contributed by atoms with Crippen molar-refractivity contribution < 1.29 is 14.3 Å². The number of ketones is 1. The second kappa shape index (κ2) is 5.78. The molecule has 2 rings (SSSR count). The first-order chi connectivity index (χ1) is 9.56. The molecule has 0 radical (unpaired) electrons. The molecule has 3 nitrogen and oxygen atoms in total. The third-order valence-electron chi connectivity index (χ3n) is 3.20. The van der Waals surface area contributed by atoms with Crippen LogP contribution in [-0.2, 0) is 0 Å². The minimum Gasteiger partial charge on any atom is -0.496 e. The Bertz CT molecular complexity index is 589. The minimum absolute atomic E-state index is 0.0984. The van der Waals surface area contributed by atoms with Crippen LogP contribution in [0.15, 0.2) is 36.4 Å². The van der Waals surface area contributed by atoms with E-state index in [2.05, 4.69) is 0 Å². The molecule has 0 aliphatic carbocycles. The van der Waals surface area contributed by atoms with Gasteiger partial charge in [-0.2, -0.15) is 0 Å². The van der Waals surface area contributed by atoms with E-state index in [1.807, 2.05) is 38.1 Å². The average molecular weight is 270 g/mol. The first kappa shape index (κ1) is 14.1. The lowest BCUT2D eigenvalue weighted by Gasteiger charge is -2.11. The van der Waals surface area contributed by atoms with Gasteiger partial charge in [-0.3, -0.25) is 4.79 Å². The maximum Gasteiger partial charge on any atom is 0.200 e. The largest absolute Gasteiger partial charge is 0.496 e. The maximum absolute atomic E-state index is 12.7. The molecule has 104 valence electrons. The van der Waals surface area contributed by atoms with Gasteiger partial charge in [-0.15, -0.1) is 0 Å². The quantitative estimate of drug-likeness (QED) is 0.797. The number of hydrogen-bond donors (Lipinski definition) is 0. The lowest BCUT2D eigenvalue weighted by atomic mass is 9.99. The lowest BCUT2D eigenvalue weighted by molar-refractivity contribution is 0.103. The van der Waals surface area contributed by atoms with Gasteiger partial charge in [0, 0.05) is 0 Å². The van der Waals surface area contributed by atoms with Crippen LogP contribution in [0.25, 0.3) is 0 Å². The number of ether oxygens (including phenoxy) is 2. The second-order valence-corrected chi connectivity index (χ2v) is 4.74. The number of benzene rings is 2. The van der Waals surface area contributed by atoms with Gasteiger partial charge in [-0.05, 0) is 49.2 Å². The number of aryl methyl sites for hydroxylation is 2. The Hall–Kier alpha value is -2.29. The smallest absolute Gasteiger partial charge is 0.200 e. The minimum atomic E-state index is -0.0984. The van der Waals surface area contributed by atoms with Crippen molar-refractivity contribution in [1.82, 2.24) is 0 Å². The fourth-order valence-electron chi connectivity index (χ4n) is 2.12. The van der Waals surface area contributed by atoms with E-state index < -0.39 is 0 Å². The fourth-order valence-corrected chi connectivity index (χ4v) is 2.12. The topological polar surface area (TPSA) is 35.5 Å². The van der Waals surface area contributed by atoms with E-state index in [0.29, 0.717) is 22.6 Å². The SMILES string of the molecule is COc1cc(C)ccc1C(=O)c1ccc(C)cc1OC. The molecule has 2 aromatic rings. The molecule has 0 spiro atoms. The van der Waals surface area contributed by atoms with Crippen LogP contribution in [0.5, 0.6) is 11.5 Å². The summed E-state index contributed by atoms with van der Waals surface area (Å²) in [4.78, 5) is 12.7. The van der Waals surface area contributed by atoms with E-state index >= 15 is 0 Å². The van der Waals surface area contributed by atoms with Crippen LogP contribution < -0.4 is 9.47 Å². The molecule has 0 aromatic heterocycles. The van der Waals surface area contributed by atoms with Crippen molar-refractivity contribution in [3.8, 4) is 11.5 Å². The molecule has 0 saturated heterocycles. The summed E-state index contributed by atoms with van der Waals surface area (Å²) in [6.07, 6.45) is 0. The highest BCUT2D eigenvalue weighted by atomic mass is 16.5. The second-order valence-electron chi connectivity index (χ2n) is 4.74. The van der Waals surface area contributed by atoms with Gasteiger partial charge in [0.15, 0.2) is 5.78 Å². The van der Waals surface area contributed by atoms with Crippen LogP contribution >= 0.6 is 0 Å². The molecule has 0 saturated carbocycles. The summed E-state index contributed by atoms with van der Waals surface area (Å²) in [5.74, 6) is 1.06. The highest BCUT2D eigenvalue weighted by molar-refractivity contribution is 6.12. The summed E-state index contributed by atoms with van der Waals surface area (Å²) in [6, 6.07) is 11.1. The Kier molecular flexibility index (Phi) is 4.08. The molecule has 0 fully saturated rings. The van der Waals surface area contributed by atoms with Gasteiger partial charge in [-0.25, -0.2) is 0 Å². The van der Waals surface area contributed by atoms with Crippen molar-refractivity contribution in [3.63, 3.8) is 0 Å². The zero-order chi connectivity index (χ0) is 14.7. The molecule has 2 aromatic carbocycles. The van der Waals surface area contributed by atoms with Gasteiger partial charge >= 0.3 is 0 Å². The van der Waals surface area contributed by atoms with Crippen molar-refractivity contribution in [3.05, 3.63) is 58.7 Å². The summed E-state index contributed by atoms with van der Waals surface area (Å²) in [5.41, 5.74) is 3.18. The zero-order valence-electron chi connectivity index (χ0n) is 12.2. The molecule has 0 unspecified atom stereocenters. The van der Waals surface area contributed by atoms with Crippen LogP contribution in [0.3, 0.4) is 0 Å². The Morgan fingerprint density at radius 3 is 1.55 bits per heavy atom. The number of rotatable bonds is 4. The van der Waals surface area contributed by atoms with Crippen molar-refractivity contribution >= 4 is 5.78 Å². The normalized spacial score (nSPS) is 10.2. The van der Waals surface area contributed by atoms with Crippen LogP contribution in [-0.4, -0.2) is 20.0 Å². The van der Waals surface area contributed by atoms with Crippen LogP contribution in [0.1, 0.15) is 27.0 Å². The first-order valence-electron chi connectivity index (χ1n) is 6.40. The molecule has 3 heteroatoms. The first-order valence-corrected chi connectivity index (χ1v) is 6.40. The Morgan fingerprint density at radius 2 is 1.20 bits per heavy atom. The molecule has 20 heavy (non-hydrogen) atoms. The van der Waals surface area contributed by atoms with Crippen molar-refractivity contribution in [2.75, 3.05) is 14.2 Å². The molecule has 0 amide bonds. The predicted molar refractivity (Wildman–Crippen MR) is 78.9 cm³/mol. The monoisotopic (exact) mass is 270 g/mol. The van der Waals surface area contributed by atoms with E-state index in [1.165, 1.54) is 0 Å². The number of carbonyl (C=O) groups is 1. The van der Waals surface area contributed by atoms with Gasteiger partial charge in [0.25, 0.3) is 0 Å². The van der Waals surface area contributed by atoms with E-state index in [9.17, 15) is 4.79 Å². The van der Waals surface area contributed by atoms with Crippen molar-refractivity contribution in [2.45, 2.75) is 13.8 Å². The standard InChI is InChI=1S/C17H18O3/c1-11-5-7-13(15(9-11)19-3)17(18)14-8-6-12(2)10-16(14)20-4/h5-10H,1-4H3. The summed E-state index contributed by atoms with van der Waals surface area (Å²) in [7, 11) is 3.13. The van der Waals surface area contributed by atoms with E-state index in [4.69, 9.17) is 9.47 Å². The summed E-state index contributed by atoms with van der Waals surface area (Å²) in [5, 5.41) is 0. The zero-order valence-corrected chi connectivity index (χ0v) is 12.2. The molecule has 0 N–H and O–H groups in total. The molecule has 0 atom stereocenters. The third kappa shape index (κ3) is 2.67. The average Bonchev–Trinajstić information content (AvgIpc) is 2.46. The summed E-state index contributed by atoms with van der Waals surface area (Å²) < 4.78 is 10.6. The lowest BCUT2D eigenvalue weighted by Crippen LogP contribution is -2.06. The third-order valence-corrected chi connectivity index (χ3v) is 3.20. The van der Waals surface area contributed by atoms with Crippen LogP contribution in [0.2, 0.25) is 0 Å². The number of methoxy groups -OCH3 is 2. The molecule has 0 heterocycles. The summed E-state index contributed by atoms with van der Waals surface area (Å²) >= 11 is 0. The molecule has 0 aliphatic heterocycles. The van der Waals surface area contributed by atoms with E-state index in [1.54, 1.807) is 26.4 Å². The van der Waals surface area contributed by atoms with Crippen LogP contribution in [0, 0.1) is 13.8 Å². The maximum atomic E-state index is 12.7. The van der Waals surface area contributed by atoms with Gasteiger partial charge in [0.05, 0.1) is 25.3 Å². The van der Waals surface area contributed by atoms with Crippen molar-refractivity contribution in [2.24, 2.45) is 0 Å². The van der Waals surface area contributed by atoms with Gasteiger partial charge in [-0.1, -0.05) is 12.1 Å². The fraction of sp³-hybridized carbons (Fsp3) is 0.235. The predicted octanol–water partition coefficient (Wildman–Crippen LogP) is 3.55. The highest BCUT2D eigenvalue weighted by Gasteiger charge is 2.18. The molecule has 0 bridgehead atoms. The summed E-state index contributed by atoms with van der Waals surface area (Å²) in [6.45, 7) is 3.92. The van der Waals surface area contributed by atoms with Gasteiger partial charge < -0.3 is 9.47 Å². The Morgan fingerprint density at radius 1 is 0.800 bits per heavy atom. The van der Waals surface area contributed by atoms with Gasteiger partial charge in [0.1, 0.15) is 11.5 Å². The number of carbonyl (C=O) groups excluding carboxylic acids is 1. The number of hydrogen-bond acceptors (Lipinski definition) is 3. The Balaban J connectivity index is 2.51. The highest BCUT2D eigenvalue weighted by Crippen LogP contribution is 2.28. The molecular formula is C17H18O3. The van der Waals surface area contributed by atoms with Crippen LogP contribution in [0.4, 0.5) is 0 Å². The molecule has 0 aliphatic rings. The van der Waals surface area contributed by atoms with E-state index in [-0.39, 0.29) is 5.78 Å². The van der Waals surface area contributed by atoms with E-state index in [0.717, 1.165) is 11.1 Å².